The summed E-state index contributed by atoms with van der Waals surface area (Å²) in [5.41, 5.74) is 11.3. The lowest BCUT2D eigenvalue weighted by Crippen LogP contribution is -2.41. The van der Waals surface area contributed by atoms with E-state index in [9.17, 15) is 9.65 Å². The number of aromatic nitrogens is 1. The molecule has 6 rings (SSSR count). The summed E-state index contributed by atoms with van der Waals surface area (Å²) in [7, 11) is 0. The first-order valence-electron chi connectivity index (χ1n) is 12.6. The van der Waals surface area contributed by atoms with Crippen LogP contribution in [0.4, 0.5) is 15.8 Å². The number of fused-ring (bicyclic) bond motifs is 1. The molecule has 0 spiro atoms. The molecule has 37 heavy (non-hydrogen) atoms. The number of nitrogens with zero attached hydrogens (tertiary/aromatic N) is 3. The molecule has 1 unspecified atom stereocenters. The average molecular weight is 518 g/mol. The van der Waals surface area contributed by atoms with E-state index in [2.05, 4.69) is 57.7 Å². The zero-order chi connectivity index (χ0) is 25.7. The highest BCUT2D eigenvalue weighted by atomic mass is 35.5. The van der Waals surface area contributed by atoms with Gasteiger partial charge in [0.15, 0.2) is 0 Å². The first-order chi connectivity index (χ1) is 17.8. The first kappa shape index (κ1) is 23.8. The summed E-state index contributed by atoms with van der Waals surface area (Å²) in [6, 6.07) is 13.1. The van der Waals surface area contributed by atoms with Crippen molar-refractivity contribution < 1.29 is 4.39 Å². The number of nitriles is 1. The highest BCUT2D eigenvalue weighted by Crippen LogP contribution is 2.43. The molecule has 9 heteroatoms. The average Bonchev–Trinajstić information content (AvgIpc) is 3.59. The molecule has 2 aromatic carbocycles. The smallest absolute Gasteiger partial charge is 0.123 e. The van der Waals surface area contributed by atoms with Crippen LogP contribution in [0.3, 0.4) is 0 Å². The molecule has 190 valence electrons. The van der Waals surface area contributed by atoms with Crippen LogP contribution in [0.1, 0.15) is 56.7 Å². The molecule has 0 saturated heterocycles. The summed E-state index contributed by atoms with van der Waals surface area (Å²) >= 11 is 6.73. The summed E-state index contributed by atoms with van der Waals surface area (Å²) in [5, 5.41) is 20.4. The van der Waals surface area contributed by atoms with Gasteiger partial charge in [-0.3, -0.25) is 9.99 Å². The van der Waals surface area contributed by atoms with Crippen molar-refractivity contribution in [3.63, 3.8) is 0 Å². The highest BCUT2D eigenvalue weighted by Gasteiger charge is 2.36. The standard InChI is InChI=1S/C28H29ClFN7/c1-28(2)11-20(12-28)34-25-17(13-31)14-32-27-22(25)9-19(10-23(27)29)33-26(16-3-5-18(30)6-4-16)24-15-37(36-35-24)21-7-8-21/h3-6,9-10,14-15,20-21,26,33,35-36H,7-8,11-12H2,1-2H3,(H,32,34). The van der Waals surface area contributed by atoms with Crippen molar-refractivity contribution in [1.29, 1.82) is 5.26 Å². The number of hydrogen-bond acceptors (Lipinski definition) is 7. The van der Waals surface area contributed by atoms with Crippen molar-refractivity contribution >= 4 is 33.9 Å². The van der Waals surface area contributed by atoms with Crippen LogP contribution < -0.4 is 21.6 Å². The SMILES string of the molecule is CC1(C)CC(Nc2c(C#N)cnc3c(Cl)cc(NC(C4=CN(C5CC5)NN4)c4ccc(F)cc4)cc23)C1. The summed E-state index contributed by atoms with van der Waals surface area (Å²) in [4.78, 5) is 4.49. The molecule has 3 aliphatic rings. The van der Waals surface area contributed by atoms with Gasteiger partial charge in [-0.2, -0.15) is 5.26 Å². The van der Waals surface area contributed by atoms with Crippen LogP contribution in [0.5, 0.6) is 0 Å². The lowest BCUT2D eigenvalue weighted by molar-refractivity contribution is 0.167. The zero-order valence-electron chi connectivity index (χ0n) is 20.8. The van der Waals surface area contributed by atoms with Crippen LogP contribution in [0.15, 0.2) is 54.5 Å². The Morgan fingerprint density at radius 2 is 1.97 bits per heavy atom. The second-order valence-corrected chi connectivity index (χ2v) is 11.4. The van der Waals surface area contributed by atoms with Gasteiger partial charge in [-0.15, -0.1) is 5.53 Å². The maximum absolute atomic E-state index is 13.7. The Kier molecular flexibility index (Phi) is 5.85. The Hall–Kier alpha value is -3.54. The number of pyridine rings is 1. The van der Waals surface area contributed by atoms with Gasteiger partial charge in [0.2, 0.25) is 0 Å². The number of hydrazine groups is 2. The van der Waals surface area contributed by atoms with Gasteiger partial charge in [0.25, 0.3) is 0 Å². The van der Waals surface area contributed by atoms with Crippen molar-refractivity contribution in [3.05, 3.63) is 76.5 Å². The molecule has 1 aliphatic heterocycles. The molecular formula is C28H29ClFN7. The van der Waals surface area contributed by atoms with E-state index in [0.717, 1.165) is 53.7 Å². The predicted octanol–water partition coefficient (Wildman–Crippen LogP) is 5.98. The molecule has 2 fully saturated rings. The molecule has 3 aromatic rings. The van der Waals surface area contributed by atoms with Gasteiger partial charge in [0.05, 0.1) is 33.5 Å². The van der Waals surface area contributed by atoms with Crippen LogP contribution in [0, 0.1) is 22.6 Å². The molecule has 0 radical (unpaired) electrons. The molecule has 2 aliphatic carbocycles. The lowest BCUT2D eigenvalue weighted by Gasteiger charge is -2.43. The minimum Gasteiger partial charge on any atom is -0.381 e. The fourth-order valence-electron chi connectivity index (χ4n) is 5.37. The normalized spacial score (nSPS) is 19.5. The molecule has 0 amide bonds. The molecule has 2 saturated carbocycles. The molecule has 0 bridgehead atoms. The van der Waals surface area contributed by atoms with Gasteiger partial charge < -0.3 is 16.1 Å². The van der Waals surface area contributed by atoms with E-state index >= 15 is 0 Å². The second-order valence-electron chi connectivity index (χ2n) is 11.0. The Balaban J connectivity index is 1.38. The number of hydrogen-bond donors (Lipinski definition) is 4. The molecular weight excluding hydrogens is 489 g/mol. The summed E-state index contributed by atoms with van der Waals surface area (Å²) in [6.07, 6.45) is 8.00. The molecule has 1 aromatic heterocycles. The third-order valence-corrected chi connectivity index (χ3v) is 7.65. The summed E-state index contributed by atoms with van der Waals surface area (Å²) < 4.78 is 13.7. The van der Waals surface area contributed by atoms with Crippen LogP contribution in [-0.4, -0.2) is 22.1 Å². The maximum atomic E-state index is 13.7. The maximum Gasteiger partial charge on any atom is 0.123 e. The van der Waals surface area contributed by atoms with Crippen molar-refractivity contribution in [1.82, 2.24) is 21.0 Å². The van der Waals surface area contributed by atoms with Gasteiger partial charge in [-0.05, 0) is 60.9 Å². The fraction of sp³-hybridized carbons (Fsp3) is 0.357. The summed E-state index contributed by atoms with van der Waals surface area (Å²) in [5.74, 6) is -0.285. The second kappa shape index (κ2) is 9.09. The molecule has 1 atom stereocenters. The van der Waals surface area contributed by atoms with Crippen molar-refractivity contribution in [3.8, 4) is 6.07 Å². The van der Waals surface area contributed by atoms with Gasteiger partial charge in [0.1, 0.15) is 11.9 Å². The van der Waals surface area contributed by atoms with E-state index in [1.807, 2.05) is 12.1 Å². The number of anilines is 2. The number of nitrogens with one attached hydrogen (secondary N) is 4. The number of rotatable bonds is 7. The Labute approximate surface area is 220 Å². The predicted molar refractivity (Wildman–Crippen MR) is 144 cm³/mol. The largest absolute Gasteiger partial charge is 0.381 e. The van der Waals surface area contributed by atoms with E-state index in [4.69, 9.17) is 11.6 Å². The van der Waals surface area contributed by atoms with Crippen LogP contribution >= 0.6 is 11.6 Å². The van der Waals surface area contributed by atoms with Crippen LogP contribution in [-0.2, 0) is 0 Å². The Bertz CT molecular complexity index is 1420. The third-order valence-electron chi connectivity index (χ3n) is 7.36. The van der Waals surface area contributed by atoms with E-state index in [1.54, 1.807) is 18.3 Å². The fourth-order valence-corrected chi connectivity index (χ4v) is 5.63. The van der Waals surface area contributed by atoms with E-state index < -0.39 is 0 Å². The first-order valence-corrected chi connectivity index (χ1v) is 13.0. The van der Waals surface area contributed by atoms with Crippen LogP contribution in [0.25, 0.3) is 10.9 Å². The highest BCUT2D eigenvalue weighted by molar-refractivity contribution is 6.35. The Morgan fingerprint density at radius 3 is 2.65 bits per heavy atom. The van der Waals surface area contributed by atoms with Gasteiger partial charge in [-0.25, -0.2) is 4.39 Å². The van der Waals surface area contributed by atoms with Crippen molar-refractivity contribution in [2.45, 2.75) is 57.7 Å². The van der Waals surface area contributed by atoms with Gasteiger partial charge in [-0.1, -0.05) is 37.6 Å². The Morgan fingerprint density at radius 1 is 1.22 bits per heavy atom. The van der Waals surface area contributed by atoms with E-state index in [1.165, 1.54) is 12.1 Å². The number of halogens is 2. The van der Waals surface area contributed by atoms with E-state index in [-0.39, 0.29) is 11.9 Å². The lowest BCUT2D eigenvalue weighted by atomic mass is 9.68. The topological polar surface area (TPSA) is 88.0 Å². The van der Waals surface area contributed by atoms with Gasteiger partial charge >= 0.3 is 0 Å². The van der Waals surface area contributed by atoms with Crippen molar-refractivity contribution in [2.75, 3.05) is 10.6 Å². The minimum absolute atomic E-state index is 0.285. The number of benzene rings is 2. The molecule has 4 N–H and O–H groups in total. The zero-order valence-corrected chi connectivity index (χ0v) is 21.5. The van der Waals surface area contributed by atoms with Crippen LogP contribution in [0.2, 0.25) is 5.02 Å². The monoisotopic (exact) mass is 517 g/mol. The quantitative estimate of drug-likeness (QED) is 0.306. The third kappa shape index (κ3) is 4.77. The summed E-state index contributed by atoms with van der Waals surface area (Å²) in [6.45, 7) is 4.50. The molecule has 2 heterocycles. The van der Waals surface area contributed by atoms with E-state index in [0.29, 0.717) is 33.6 Å². The van der Waals surface area contributed by atoms with Crippen molar-refractivity contribution in [2.24, 2.45) is 5.41 Å². The molecule has 7 nitrogen and oxygen atoms in total. The van der Waals surface area contributed by atoms with Gasteiger partial charge in [0, 0.05) is 35.6 Å². The minimum atomic E-state index is -0.290.